The maximum absolute atomic E-state index is 12.1. The summed E-state index contributed by atoms with van der Waals surface area (Å²) >= 11 is 5.92. The predicted molar refractivity (Wildman–Crippen MR) is 100 cm³/mol. The molecule has 26 heavy (non-hydrogen) atoms. The Bertz CT molecular complexity index is 641. The molecule has 3 rings (SSSR count). The van der Waals surface area contributed by atoms with Crippen LogP contribution in [0.3, 0.4) is 0 Å². The standard InChI is InChI=1S/C19H26ClN3O3/c1-2-26-19(25)23-11-14-6-7-15(12-23)17(14)21-8-9-22-18(24)13-4-3-5-16(20)10-13/h3-5,10,14-15,17,21H,2,6-9,11-12H2,1H3,(H,22,24)/t14-,15-/m0/s1. The van der Waals surface area contributed by atoms with Crippen LogP contribution < -0.4 is 10.6 Å². The van der Waals surface area contributed by atoms with Crippen molar-refractivity contribution in [1.82, 2.24) is 15.5 Å². The zero-order chi connectivity index (χ0) is 18.5. The third-order valence-electron chi connectivity index (χ3n) is 5.24. The molecular weight excluding hydrogens is 354 g/mol. The first-order valence-electron chi connectivity index (χ1n) is 9.27. The highest BCUT2D eigenvalue weighted by Crippen LogP contribution is 2.37. The van der Waals surface area contributed by atoms with Crippen molar-refractivity contribution >= 4 is 23.6 Å². The van der Waals surface area contributed by atoms with Gasteiger partial charge in [0.15, 0.2) is 0 Å². The van der Waals surface area contributed by atoms with Gasteiger partial charge in [0.1, 0.15) is 0 Å². The normalized spacial score (nSPS) is 24.4. The third kappa shape index (κ3) is 4.48. The van der Waals surface area contributed by atoms with Crippen molar-refractivity contribution in [2.45, 2.75) is 25.8 Å². The summed E-state index contributed by atoms with van der Waals surface area (Å²) in [6.45, 7) is 5.02. The predicted octanol–water partition coefficient (Wildman–Crippen LogP) is 2.53. The van der Waals surface area contributed by atoms with E-state index in [9.17, 15) is 9.59 Å². The lowest BCUT2D eigenvalue weighted by Crippen LogP contribution is -2.53. The monoisotopic (exact) mass is 379 g/mol. The minimum atomic E-state index is -0.198. The number of hydrogen-bond donors (Lipinski definition) is 2. The van der Waals surface area contributed by atoms with Crippen molar-refractivity contribution in [1.29, 1.82) is 0 Å². The highest BCUT2D eigenvalue weighted by molar-refractivity contribution is 6.30. The van der Waals surface area contributed by atoms with E-state index in [1.54, 1.807) is 24.3 Å². The summed E-state index contributed by atoms with van der Waals surface area (Å²) in [5.41, 5.74) is 0.570. The quantitative estimate of drug-likeness (QED) is 0.745. The number of nitrogens with zero attached hydrogens (tertiary/aromatic N) is 1. The van der Waals surface area contributed by atoms with Gasteiger partial charge >= 0.3 is 6.09 Å². The fourth-order valence-electron chi connectivity index (χ4n) is 4.07. The zero-order valence-electron chi connectivity index (χ0n) is 15.0. The lowest BCUT2D eigenvalue weighted by atomic mass is 9.92. The number of nitrogens with one attached hydrogen (secondary N) is 2. The molecule has 2 bridgehead atoms. The van der Waals surface area contributed by atoms with Gasteiger partial charge in [-0.15, -0.1) is 0 Å². The van der Waals surface area contributed by atoms with Crippen molar-refractivity contribution < 1.29 is 14.3 Å². The summed E-state index contributed by atoms with van der Waals surface area (Å²) in [5, 5.41) is 7.04. The fourth-order valence-corrected chi connectivity index (χ4v) is 4.26. The van der Waals surface area contributed by atoms with Crippen molar-refractivity contribution in [3.63, 3.8) is 0 Å². The van der Waals surface area contributed by atoms with E-state index in [-0.39, 0.29) is 12.0 Å². The number of amides is 2. The summed E-state index contributed by atoms with van der Waals surface area (Å²) in [4.78, 5) is 25.9. The lowest BCUT2D eigenvalue weighted by molar-refractivity contribution is 0.0752. The maximum atomic E-state index is 12.1. The Kier molecular flexibility index (Phi) is 6.38. The summed E-state index contributed by atoms with van der Waals surface area (Å²) in [6, 6.07) is 7.34. The smallest absolute Gasteiger partial charge is 0.409 e. The van der Waals surface area contributed by atoms with E-state index in [2.05, 4.69) is 10.6 Å². The molecule has 1 heterocycles. The van der Waals surface area contributed by atoms with Crippen LogP contribution >= 0.6 is 11.6 Å². The van der Waals surface area contributed by atoms with Crippen LogP contribution in [0.4, 0.5) is 4.79 Å². The minimum Gasteiger partial charge on any atom is -0.450 e. The Hall–Kier alpha value is -1.79. The third-order valence-corrected chi connectivity index (χ3v) is 5.47. The van der Waals surface area contributed by atoms with Gasteiger partial charge in [-0.05, 0) is 49.8 Å². The van der Waals surface area contributed by atoms with Crippen LogP contribution in [-0.4, -0.2) is 55.7 Å². The van der Waals surface area contributed by atoms with Crippen molar-refractivity contribution in [2.24, 2.45) is 11.8 Å². The first-order chi connectivity index (χ1) is 12.6. The van der Waals surface area contributed by atoms with Crippen LogP contribution in [-0.2, 0) is 4.74 Å². The number of halogens is 1. The first kappa shape index (κ1) is 19.0. The van der Waals surface area contributed by atoms with E-state index >= 15 is 0 Å². The Morgan fingerprint density at radius 3 is 2.62 bits per heavy atom. The number of carbonyl (C=O) groups excluding carboxylic acids is 2. The van der Waals surface area contributed by atoms with Gasteiger partial charge in [0, 0.05) is 42.8 Å². The summed E-state index contributed by atoms with van der Waals surface area (Å²) in [7, 11) is 0. The van der Waals surface area contributed by atoms with Gasteiger partial charge in [-0.25, -0.2) is 4.79 Å². The second kappa shape index (κ2) is 8.73. The molecule has 7 heteroatoms. The highest BCUT2D eigenvalue weighted by atomic mass is 35.5. The number of benzene rings is 1. The van der Waals surface area contributed by atoms with Gasteiger partial charge in [-0.2, -0.15) is 0 Å². The van der Waals surface area contributed by atoms with Crippen LogP contribution in [0.15, 0.2) is 24.3 Å². The molecule has 142 valence electrons. The van der Waals surface area contributed by atoms with Gasteiger partial charge < -0.3 is 20.3 Å². The number of rotatable bonds is 6. The zero-order valence-corrected chi connectivity index (χ0v) is 15.8. The maximum Gasteiger partial charge on any atom is 0.409 e. The van der Waals surface area contributed by atoms with E-state index in [0.717, 1.165) is 25.9 Å². The molecule has 0 radical (unpaired) electrons. The fraction of sp³-hybridized carbons (Fsp3) is 0.579. The molecule has 1 saturated heterocycles. The second-order valence-electron chi connectivity index (χ2n) is 6.95. The van der Waals surface area contributed by atoms with E-state index < -0.39 is 0 Å². The van der Waals surface area contributed by atoms with E-state index in [0.29, 0.717) is 48.2 Å². The molecule has 1 aliphatic carbocycles. The number of hydrogen-bond acceptors (Lipinski definition) is 4. The number of ether oxygens (including phenoxy) is 1. The van der Waals surface area contributed by atoms with Gasteiger partial charge in [-0.1, -0.05) is 17.7 Å². The summed E-state index contributed by atoms with van der Waals surface area (Å²) in [6.07, 6.45) is 2.07. The molecule has 2 aliphatic rings. The molecule has 0 unspecified atom stereocenters. The minimum absolute atomic E-state index is 0.116. The van der Waals surface area contributed by atoms with Crippen molar-refractivity contribution in [3.8, 4) is 0 Å². The molecule has 2 N–H and O–H groups in total. The number of piperidine rings is 1. The van der Waals surface area contributed by atoms with Gasteiger partial charge in [0.25, 0.3) is 5.91 Å². The Morgan fingerprint density at radius 1 is 1.23 bits per heavy atom. The highest BCUT2D eigenvalue weighted by Gasteiger charge is 2.43. The first-order valence-corrected chi connectivity index (χ1v) is 9.65. The van der Waals surface area contributed by atoms with Crippen LogP contribution in [0.1, 0.15) is 30.1 Å². The number of likely N-dealkylation sites (tertiary alicyclic amines) is 1. The number of carbonyl (C=O) groups is 2. The molecule has 2 fully saturated rings. The topological polar surface area (TPSA) is 70.7 Å². The molecule has 2 atom stereocenters. The molecule has 0 aromatic heterocycles. The molecule has 1 aromatic carbocycles. The molecule has 1 saturated carbocycles. The summed E-state index contributed by atoms with van der Waals surface area (Å²) in [5.74, 6) is 0.804. The molecular formula is C19H26ClN3O3. The van der Waals surface area contributed by atoms with Crippen LogP contribution in [0.5, 0.6) is 0 Å². The van der Waals surface area contributed by atoms with Crippen LogP contribution in [0.25, 0.3) is 0 Å². The Balaban J connectivity index is 1.42. The molecule has 1 aliphatic heterocycles. The van der Waals surface area contributed by atoms with Crippen LogP contribution in [0, 0.1) is 11.8 Å². The van der Waals surface area contributed by atoms with Crippen LogP contribution in [0.2, 0.25) is 5.02 Å². The average Bonchev–Trinajstić information content (AvgIpc) is 2.86. The Labute approximate surface area is 159 Å². The van der Waals surface area contributed by atoms with E-state index in [1.807, 2.05) is 11.8 Å². The van der Waals surface area contributed by atoms with Crippen molar-refractivity contribution in [2.75, 3.05) is 32.8 Å². The molecule has 6 nitrogen and oxygen atoms in total. The summed E-state index contributed by atoms with van der Waals surface area (Å²) < 4.78 is 5.13. The largest absolute Gasteiger partial charge is 0.450 e. The van der Waals surface area contributed by atoms with Gasteiger partial charge in [0.2, 0.25) is 0 Å². The SMILES string of the molecule is CCOC(=O)N1C[C@@H]2CC[C@@H](C1)C2NCCNC(=O)c1cccc(Cl)c1. The van der Waals surface area contributed by atoms with Crippen molar-refractivity contribution in [3.05, 3.63) is 34.9 Å². The molecule has 2 amide bonds. The second-order valence-corrected chi connectivity index (χ2v) is 7.38. The average molecular weight is 380 g/mol. The molecule has 0 spiro atoms. The van der Waals surface area contributed by atoms with E-state index in [4.69, 9.17) is 16.3 Å². The van der Waals surface area contributed by atoms with Gasteiger partial charge in [-0.3, -0.25) is 4.79 Å². The molecule has 1 aromatic rings. The Morgan fingerprint density at radius 2 is 1.96 bits per heavy atom. The lowest BCUT2D eigenvalue weighted by Gasteiger charge is -2.37. The van der Waals surface area contributed by atoms with E-state index in [1.165, 1.54) is 0 Å². The number of fused-ring (bicyclic) bond motifs is 2. The van der Waals surface area contributed by atoms with Gasteiger partial charge in [0.05, 0.1) is 6.61 Å².